The number of para-hydroxylation sites is 1. The molecular formula is C12H5Br3O4. The molecule has 0 aromatic heterocycles. The smallest absolute Gasteiger partial charge is 0.189 e. The van der Waals surface area contributed by atoms with Crippen molar-refractivity contribution < 1.29 is 19.7 Å². The molecule has 0 radical (unpaired) electrons. The molecule has 1 aliphatic heterocycles. The number of fused-ring (bicyclic) bond motifs is 2. The van der Waals surface area contributed by atoms with Crippen LogP contribution in [0.5, 0.6) is 34.5 Å². The van der Waals surface area contributed by atoms with Gasteiger partial charge in [-0.1, -0.05) is 6.07 Å². The normalized spacial score (nSPS) is 12.2. The number of phenols is 2. The van der Waals surface area contributed by atoms with E-state index in [1.54, 1.807) is 12.1 Å². The lowest BCUT2D eigenvalue weighted by Gasteiger charge is -2.24. The molecule has 0 fully saturated rings. The topological polar surface area (TPSA) is 58.9 Å². The monoisotopic (exact) mass is 450 g/mol. The van der Waals surface area contributed by atoms with Crippen molar-refractivity contribution in [3.8, 4) is 34.5 Å². The van der Waals surface area contributed by atoms with Gasteiger partial charge in [-0.05, 0) is 59.9 Å². The summed E-state index contributed by atoms with van der Waals surface area (Å²) in [7, 11) is 0. The lowest BCUT2D eigenvalue weighted by molar-refractivity contribution is 0.338. The van der Waals surface area contributed by atoms with Crippen molar-refractivity contribution in [1.29, 1.82) is 0 Å². The third-order valence-electron chi connectivity index (χ3n) is 2.59. The van der Waals surface area contributed by atoms with Crippen LogP contribution >= 0.6 is 47.8 Å². The van der Waals surface area contributed by atoms with E-state index in [9.17, 15) is 10.2 Å². The van der Waals surface area contributed by atoms with E-state index in [2.05, 4.69) is 47.8 Å². The number of phenolic OH excluding ortho intramolecular Hbond substituents is 2. The summed E-state index contributed by atoms with van der Waals surface area (Å²) in [6, 6.07) is 5.37. The molecule has 0 spiro atoms. The predicted molar refractivity (Wildman–Crippen MR) is 79.5 cm³/mol. The van der Waals surface area contributed by atoms with E-state index in [1.165, 1.54) is 0 Å². The molecule has 19 heavy (non-hydrogen) atoms. The lowest BCUT2D eigenvalue weighted by atomic mass is 10.2. The number of hydrogen-bond acceptors (Lipinski definition) is 4. The zero-order chi connectivity index (χ0) is 13.7. The van der Waals surface area contributed by atoms with Crippen LogP contribution in [0, 0.1) is 0 Å². The van der Waals surface area contributed by atoms with Crippen molar-refractivity contribution >= 4 is 47.8 Å². The number of ether oxygens (including phenoxy) is 2. The molecule has 4 nitrogen and oxygen atoms in total. The summed E-state index contributed by atoms with van der Waals surface area (Å²) < 4.78 is 12.6. The van der Waals surface area contributed by atoms with E-state index in [4.69, 9.17) is 9.47 Å². The SMILES string of the molecule is Oc1c(O)c(Br)c2c(c1Br)Oc1cccc(Br)c1O2. The summed E-state index contributed by atoms with van der Waals surface area (Å²) in [5.41, 5.74) is 0. The summed E-state index contributed by atoms with van der Waals surface area (Å²) in [6.45, 7) is 0. The van der Waals surface area contributed by atoms with Gasteiger partial charge in [0.05, 0.1) is 4.47 Å². The second-order valence-electron chi connectivity index (χ2n) is 3.75. The summed E-state index contributed by atoms with van der Waals surface area (Å²) >= 11 is 9.72. The van der Waals surface area contributed by atoms with Crippen molar-refractivity contribution in [3.05, 3.63) is 31.6 Å². The molecule has 0 bridgehead atoms. The predicted octanol–water partition coefficient (Wildman–Crippen LogP) is 5.28. The van der Waals surface area contributed by atoms with Crippen LogP contribution in [-0.2, 0) is 0 Å². The number of aromatic hydroxyl groups is 2. The third kappa shape index (κ3) is 1.91. The highest BCUT2D eigenvalue weighted by atomic mass is 79.9. The molecule has 0 atom stereocenters. The van der Waals surface area contributed by atoms with E-state index < -0.39 is 0 Å². The van der Waals surface area contributed by atoms with Gasteiger partial charge in [0.25, 0.3) is 0 Å². The first-order chi connectivity index (χ1) is 9.00. The van der Waals surface area contributed by atoms with E-state index in [0.717, 1.165) is 4.47 Å². The maximum atomic E-state index is 9.79. The first-order valence-corrected chi connectivity index (χ1v) is 7.45. The van der Waals surface area contributed by atoms with Gasteiger partial charge >= 0.3 is 0 Å². The Morgan fingerprint density at radius 1 is 0.789 bits per heavy atom. The Morgan fingerprint density at radius 2 is 1.37 bits per heavy atom. The van der Waals surface area contributed by atoms with Crippen LogP contribution in [0.25, 0.3) is 0 Å². The fraction of sp³-hybridized carbons (Fsp3) is 0. The van der Waals surface area contributed by atoms with Crippen molar-refractivity contribution in [2.24, 2.45) is 0 Å². The highest BCUT2D eigenvalue weighted by molar-refractivity contribution is 9.11. The van der Waals surface area contributed by atoms with Crippen molar-refractivity contribution in [2.75, 3.05) is 0 Å². The maximum absolute atomic E-state index is 9.79. The molecule has 0 unspecified atom stereocenters. The van der Waals surface area contributed by atoms with Crippen LogP contribution in [0.15, 0.2) is 31.6 Å². The van der Waals surface area contributed by atoms with Gasteiger partial charge in [0.1, 0.15) is 8.95 Å². The van der Waals surface area contributed by atoms with Gasteiger partial charge in [-0.15, -0.1) is 0 Å². The van der Waals surface area contributed by atoms with Crippen LogP contribution in [0.2, 0.25) is 0 Å². The minimum absolute atomic E-state index is 0.226. The van der Waals surface area contributed by atoms with Crippen LogP contribution in [0.3, 0.4) is 0 Å². The fourth-order valence-corrected chi connectivity index (χ4v) is 3.01. The van der Waals surface area contributed by atoms with Crippen LogP contribution in [-0.4, -0.2) is 10.2 Å². The molecule has 0 aliphatic carbocycles. The van der Waals surface area contributed by atoms with Gasteiger partial charge in [0.15, 0.2) is 34.5 Å². The first kappa shape index (κ1) is 13.1. The van der Waals surface area contributed by atoms with Crippen LogP contribution in [0.4, 0.5) is 0 Å². The standard InChI is InChI=1S/C12H5Br3O4/c13-4-2-1-3-5-10(4)19-12-7(15)9(17)8(16)6(14)11(12)18-5/h1-3,16-17H. The second kappa shape index (κ2) is 4.57. The average molecular weight is 453 g/mol. The molecule has 3 rings (SSSR count). The van der Waals surface area contributed by atoms with Crippen LogP contribution < -0.4 is 9.47 Å². The minimum atomic E-state index is -0.315. The van der Waals surface area contributed by atoms with Gasteiger partial charge in [-0.2, -0.15) is 0 Å². The Hall–Kier alpha value is -0.920. The van der Waals surface area contributed by atoms with Crippen LogP contribution in [0.1, 0.15) is 0 Å². The van der Waals surface area contributed by atoms with Crippen molar-refractivity contribution in [2.45, 2.75) is 0 Å². The Bertz CT molecular complexity index is 700. The summed E-state index contributed by atoms with van der Waals surface area (Å²) in [5, 5.41) is 19.6. The van der Waals surface area contributed by atoms with E-state index in [-0.39, 0.29) is 20.4 Å². The Balaban J connectivity index is 2.26. The molecule has 0 saturated carbocycles. The molecule has 1 heterocycles. The van der Waals surface area contributed by atoms with E-state index in [1.807, 2.05) is 6.07 Å². The molecule has 0 saturated heterocycles. The lowest BCUT2D eigenvalue weighted by Crippen LogP contribution is -2.01. The number of benzene rings is 2. The third-order valence-corrected chi connectivity index (χ3v) is 4.69. The zero-order valence-corrected chi connectivity index (χ0v) is 13.8. The first-order valence-electron chi connectivity index (χ1n) is 5.07. The number of halogens is 3. The fourth-order valence-electron chi connectivity index (χ4n) is 1.69. The molecule has 2 N–H and O–H groups in total. The highest BCUT2D eigenvalue weighted by Crippen LogP contribution is 2.59. The van der Waals surface area contributed by atoms with Gasteiger partial charge in [-0.3, -0.25) is 0 Å². The summed E-state index contributed by atoms with van der Waals surface area (Å²) in [6.07, 6.45) is 0. The quantitative estimate of drug-likeness (QED) is 0.455. The summed E-state index contributed by atoms with van der Waals surface area (Å²) in [4.78, 5) is 0. The van der Waals surface area contributed by atoms with E-state index >= 15 is 0 Å². The molecule has 2 aromatic rings. The molecular weight excluding hydrogens is 448 g/mol. The number of hydrogen-bond donors (Lipinski definition) is 2. The maximum Gasteiger partial charge on any atom is 0.189 e. The Labute approximate surface area is 133 Å². The van der Waals surface area contributed by atoms with Crippen molar-refractivity contribution in [1.82, 2.24) is 0 Å². The van der Waals surface area contributed by atoms with E-state index in [0.29, 0.717) is 23.0 Å². The Kier molecular flexibility index (Phi) is 3.15. The highest BCUT2D eigenvalue weighted by Gasteiger charge is 2.30. The second-order valence-corrected chi connectivity index (χ2v) is 6.19. The van der Waals surface area contributed by atoms with Gasteiger partial charge in [0, 0.05) is 0 Å². The largest absolute Gasteiger partial charge is 0.503 e. The molecule has 2 aromatic carbocycles. The average Bonchev–Trinajstić information content (AvgIpc) is 2.42. The molecule has 7 heteroatoms. The number of rotatable bonds is 0. The summed E-state index contributed by atoms with van der Waals surface area (Å²) in [5.74, 6) is 0.985. The molecule has 0 amide bonds. The zero-order valence-electron chi connectivity index (χ0n) is 9.08. The molecule has 98 valence electrons. The Morgan fingerprint density at radius 3 is 2.00 bits per heavy atom. The van der Waals surface area contributed by atoms with Gasteiger partial charge in [0.2, 0.25) is 0 Å². The van der Waals surface area contributed by atoms with Gasteiger partial charge < -0.3 is 19.7 Å². The van der Waals surface area contributed by atoms with Gasteiger partial charge in [-0.25, -0.2) is 0 Å². The minimum Gasteiger partial charge on any atom is -0.503 e. The van der Waals surface area contributed by atoms with Crippen molar-refractivity contribution in [3.63, 3.8) is 0 Å². The molecule has 1 aliphatic rings.